The van der Waals surface area contributed by atoms with Gasteiger partial charge in [0.15, 0.2) is 0 Å². The van der Waals surface area contributed by atoms with Gasteiger partial charge in [-0.25, -0.2) is 0 Å². The predicted molar refractivity (Wildman–Crippen MR) is 82.6 cm³/mol. The Morgan fingerprint density at radius 3 is 3.05 bits per heavy atom. The number of hydrogen-bond donors (Lipinski definition) is 1. The van der Waals surface area contributed by atoms with E-state index in [-0.39, 0.29) is 0 Å². The third-order valence-corrected chi connectivity index (χ3v) is 5.13. The molecule has 0 spiro atoms. The normalized spacial score (nSPS) is 23.8. The molecule has 3 rings (SSSR count). The van der Waals surface area contributed by atoms with E-state index in [4.69, 9.17) is 0 Å². The molecule has 2 unspecified atom stereocenters. The zero-order valence-electron chi connectivity index (χ0n) is 11.9. The largest absolute Gasteiger partial charge is 0.307 e. The minimum Gasteiger partial charge on any atom is -0.307 e. The van der Waals surface area contributed by atoms with Crippen molar-refractivity contribution in [1.29, 1.82) is 0 Å². The van der Waals surface area contributed by atoms with Crippen LogP contribution in [-0.4, -0.2) is 11.0 Å². The van der Waals surface area contributed by atoms with Crippen LogP contribution in [0.25, 0.3) is 10.2 Å². The summed E-state index contributed by atoms with van der Waals surface area (Å²) in [5.74, 6) is 0. The minimum absolute atomic E-state index is 0.387. The van der Waals surface area contributed by atoms with Gasteiger partial charge in [0.25, 0.3) is 0 Å². The molecule has 2 heterocycles. The fraction of sp³-hybridized carbons (Fsp3) is 0.562. The van der Waals surface area contributed by atoms with E-state index in [1.807, 2.05) is 6.20 Å². The molecule has 2 aromatic rings. The van der Waals surface area contributed by atoms with Gasteiger partial charge >= 0.3 is 0 Å². The number of rotatable bonds is 3. The van der Waals surface area contributed by atoms with Gasteiger partial charge in [0.1, 0.15) is 0 Å². The molecule has 0 aliphatic heterocycles. The van der Waals surface area contributed by atoms with Crippen LogP contribution in [0.4, 0.5) is 0 Å². The molecule has 2 aromatic heterocycles. The van der Waals surface area contributed by atoms with Gasteiger partial charge in [-0.15, -0.1) is 11.3 Å². The van der Waals surface area contributed by atoms with Gasteiger partial charge in [0.2, 0.25) is 0 Å². The van der Waals surface area contributed by atoms with Gasteiger partial charge in [0.05, 0.1) is 10.2 Å². The molecule has 0 bridgehead atoms. The first-order valence-electron chi connectivity index (χ1n) is 7.13. The third kappa shape index (κ3) is 2.82. The van der Waals surface area contributed by atoms with Crippen molar-refractivity contribution >= 4 is 21.6 Å². The Labute approximate surface area is 119 Å². The fourth-order valence-electron chi connectivity index (χ4n) is 3.13. The first-order chi connectivity index (χ1) is 9.03. The van der Waals surface area contributed by atoms with Gasteiger partial charge < -0.3 is 5.32 Å². The first-order valence-corrected chi connectivity index (χ1v) is 8.01. The smallest absolute Gasteiger partial charge is 0.0809 e. The van der Waals surface area contributed by atoms with Crippen molar-refractivity contribution in [3.63, 3.8) is 0 Å². The van der Waals surface area contributed by atoms with Gasteiger partial charge in [0, 0.05) is 18.3 Å². The Morgan fingerprint density at radius 1 is 1.47 bits per heavy atom. The number of thiophene rings is 1. The zero-order chi connectivity index (χ0) is 13.5. The van der Waals surface area contributed by atoms with Crippen LogP contribution in [0.15, 0.2) is 23.7 Å². The lowest BCUT2D eigenvalue weighted by atomic mass is 9.91. The molecule has 0 radical (unpaired) electrons. The summed E-state index contributed by atoms with van der Waals surface area (Å²) in [6.07, 6.45) is 5.93. The lowest BCUT2D eigenvalue weighted by Gasteiger charge is -2.22. The zero-order valence-corrected chi connectivity index (χ0v) is 12.8. The molecule has 1 aliphatic carbocycles. The number of pyridine rings is 1. The average Bonchev–Trinajstić information content (AvgIpc) is 2.94. The highest BCUT2D eigenvalue weighted by Gasteiger charge is 2.31. The molecule has 2 atom stereocenters. The quantitative estimate of drug-likeness (QED) is 0.889. The monoisotopic (exact) mass is 274 g/mol. The molecule has 102 valence electrons. The lowest BCUT2D eigenvalue weighted by molar-refractivity contribution is 0.356. The van der Waals surface area contributed by atoms with Crippen LogP contribution >= 0.6 is 11.3 Å². The van der Waals surface area contributed by atoms with E-state index in [1.54, 1.807) is 11.3 Å². The number of aromatic nitrogens is 1. The molecule has 1 saturated carbocycles. The number of nitrogens with one attached hydrogen (secondary N) is 1. The highest BCUT2D eigenvalue weighted by Crippen LogP contribution is 2.37. The lowest BCUT2D eigenvalue weighted by Crippen LogP contribution is -2.30. The van der Waals surface area contributed by atoms with Crippen molar-refractivity contribution in [1.82, 2.24) is 10.3 Å². The van der Waals surface area contributed by atoms with Gasteiger partial charge in [-0.05, 0) is 54.7 Å². The summed E-state index contributed by atoms with van der Waals surface area (Å²) in [6.45, 7) is 7.00. The van der Waals surface area contributed by atoms with Crippen molar-refractivity contribution in [2.75, 3.05) is 0 Å². The maximum Gasteiger partial charge on any atom is 0.0809 e. The van der Waals surface area contributed by atoms with Crippen molar-refractivity contribution in [3.05, 3.63) is 29.3 Å². The van der Waals surface area contributed by atoms with Crippen LogP contribution in [0.3, 0.4) is 0 Å². The van der Waals surface area contributed by atoms with Crippen LogP contribution in [0.1, 0.15) is 51.6 Å². The van der Waals surface area contributed by atoms with Crippen LogP contribution in [0, 0.1) is 5.41 Å². The molecule has 1 aliphatic rings. The molecule has 2 nitrogen and oxygen atoms in total. The van der Waals surface area contributed by atoms with Crippen molar-refractivity contribution < 1.29 is 0 Å². The third-order valence-electron chi connectivity index (χ3n) is 4.28. The second-order valence-corrected chi connectivity index (χ2v) is 7.51. The molecule has 0 aromatic carbocycles. The summed E-state index contributed by atoms with van der Waals surface area (Å²) in [6, 6.07) is 5.41. The van der Waals surface area contributed by atoms with E-state index in [0.29, 0.717) is 17.5 Å². The summed E-state index contributed by atoms with van der Waals surface area (Å²) in [7, 11) is 0. The summed E-state index contributed by atoms with van der Waals surface area (Å²) in [5.41, 5.74) is 2.93. The molecule has 1 fully saturated rings. The maximum atomic E-state index is 4.54. The topological polar surface area (TPSA) is 24.9 Å². The maximum absolute atomic E-state index is 4.54. The van der Waals surface area contributed by atoms with Crippen molar-refractivity contribution in [2.45, 2.75) is 52.1 Å². The van der Waals surface area contributed by atoms with E-state index in [1.165, 1.54) is 29.5 Å². The Hall–Kier alpha value is -0.930. The minimum atomic E-state index is 0.387. The van der Waals surface area contributed by atoms with Crippen LogP contribution < -0.4 is 5.32 Å². The first kappa shape index (κ1) is 13.1. The average molecular weight is 274 g/mol. The molecule has 1 N–H and O–H groups in total. The van der Waals surface area contributed by atoms with Crippen LogP contribution in [0.5, 0.6) is 0 Å². The summed E-state index contributed by atoms with van der Waals surface area (Å²) in [4.78, 5) is 4.54. The summed E-state index contributed by atoms with van der Waals surface area (Å²) in [5, 5.41) is 5.88. The highest BCUT2D eigenvalue weighted by molar-refractivity contribution is 7.17. The van der Waals surface area contributed by atoms with Crippen molar-refractivity contribution in [3.8, 4) is 0 Å². The second kappa shape index (κ2) is 4.88. The van der Waals surface area contributed by atoms with Crippen molar-refractivity contribution in [2.24, 2.45) is 5.41 Å². The van der Waals surface area contributed by atoms with Crippen LogP contribution in [0.2, 0.25) is 0 Å². The molecular weight excluding hydrogens is 252 g/mol. The second-order valence-electron chi connectivity index (χ2n) is 6.56. The van der Waals surface area contributed by atoms with E-state index >= 15 is 0 Å². The molecule has 0 amide bonds. The van der Waals surface area contributed by atoms with Gasteiger partial charge in [-0.1, -0.05) is 13.8 Å². The Bertz CT molecular complexity index is 573. The summed E-state index contributed by atoms with van der Waals surface area (Å²) >= 11 is 1.77. The Morgan fingerprint density at radius 2 is 2.32 bits per heavy atom. The van der Waals surface area contributed by atoms with E-state index in [2.05, 4.69) is 48.6 Å². The molecular formula is C16H22N2S. The molecule has 19 heavy (non-hydrogen) atoms. The van der Waals surface area contributed by atoms with E-state index in [0.717, 1.165) is 5.52 Å². The summed E-state index contributed by atoms with van der Waals surface area (Å²) < 4.78 is 1.29. The van der Waals surface area contributed by atoms with E-state index < -0.39 is 0 Å². The molecule has 3 heteroatoms. The standard InChI is InChI=1S/C16H22N2S/c1-11(18-13-4-6-16(2,3)9-13)12-8-15-14(17-10-12)5-7-19-15/h5,7-8,10-11,13,18H,4,6,9H2,1-3H3. The van der Waals surface area contributed by atoms with Gasteiger partial charge in [-0.2, -0.15) is 0 Å². The number of fused-ring (bicyclic) bond motifs is 1. The highest BCUT2D eigenvalue weighted by atomic mass is 32.1. The number of nitrogens with zero attached hydrogens (tertiary/aromatic N) is 1. The predicted octanol–water partition coefficient (Wildman–Crippen LogP) is 4.53. The molecule has 0 saturated heterocycles. The van der Waals surface area contributed by atoms with Gasteiger partial charge in [-0.3, -0.25) is 4.98 Å². The fourth-order valence-corrected chi connectivity index (χ4v) is 3.92. The Kier molecular flexibility index (Phi) is 3.35. The SMILES string of the molecule is CC(NC1CCC(C)(C)C1)c1cnc2ccsc2c1. The van der Waals surface area contributed by atoms with Crippen LogP contribution in [-0.2, 0) is 0 Å². The van der Waals surface area contributed by atoms with E-state index in [9.17, 15) is 0 Å². The number of hydrogen-bond acceptors (Lipinski definition) is 3. The Balaban J connectivity index is 1.71.